The minimum Gasteiger partial charge on any atom is -0.271 e. The normalized spacial score (nSPS) is 25.1. The molecule has 1 aliphatic carbocycles. The first-order valence-corrected chi connectivity index (χ1v) is 15.1. The summed E-state index contributed by atoms with van der Waals surface area (Å²) in [4.78, 5) is 42.0. The van der Waals surface area contributed by atoms with Gasteiger partial charge in [-0.3, -0.25) is 19.4 Å². The second-order valence-corrected chi connectivity index (χ2v) is 12.2. The predicted octanol–water partition coefficient (Wildman–Crippen LogP) is 5.73. The highest BCUT2D eigenvalue weighted by Gasteiger charge is 2.55. The summed E-state index contributed by atoms with van der Waals surface area (Å²) in [5.41, 5.74) is 8.06. The Hall–Kier alpha value is -4.92. The van der Waals surface area contributed by atoms with Gasteiger partial charge in [0.2, 0.25) is 0 Å². The lowest BCUT2D eigenvalue weighted by Gasteiger charge is -2.30. The van der Waals surface area contributed by atoms with E-state index in [0.717, 1.165) is 57.7 Å². The van der Waals surface area contributed by atoms with Gasteiger partial charge < -0.3 is 0 Å². The maximum Gasteiger partial charge on any atom is 0.264 e. The molecule has 0 unspecified atom stereocenters. The molecule has 0 N–H and O–H groups in total. The first-order valence-electron chi connectivity index (χ1n) is 15.1. The minimum absolute atomic E-state index is 0.0479. The van der Waals surface area contributed by atoms with Crippen molar-refractivity contribution in [3.05, 3.63) is 106 Å². The molecule has 4 atom stereocenters. The fourth-order valence-electron chi connectivity index (χ4n) is 6.68. The van der Waals surface area contributed by atoms with Crippen LogP contribution >= 0.6 is 0 Å². The maximum absolute atomic E-state index is 14.1. The number of nitrogens with zero attached hydrogens (tertiary/aromatic N) is 6. The van der Waals surface area contributed by atoms with E-state index in [4.69, 9.17) is 5.10 Å². The number of hydrazone groups is 1. The van der Waals surface area contributed by atoms with Gasteiger partial charge in [-0.25, -0.2) is 9.91 Å². The van der Waals surface area contributed by atoms with Crippen molar-refractivity contribution in [3.8, 4) is 0 Å². The molecule has 2 fully saturated rings. The summed E-state index contributed by atoms with van der Waals surface area (Å²) in [6.07, 6.45) is 4.99. The lowest BCUT2D eigenvalue weighted by atomic mass is 9.77. The van der Waals surface area contributed by atoms with Crippen molar-refractivity contribution in [2.45, 2.75) is 58.2 Å². The quantitative estimate of drug-likeness (QED) is 0.357. The number of carbonyl (C=O) groups is 3. The lowest BCUT2D eigenvalue weighted by Crippen LogP contribution is -2.45. The first kappa shape index (κ1) is 27.9. The van der Waals surface area contributed by atoms with E-state index in [1.54, 1.807) is 17.1 Å². The number of rotatable bonds is 5. The Morgan fingerprint density at radius 3 is 2.16 bits per heavy atom. The van der Waals surface area contributed by atoms with Crippen molar-refractivity contribution in [2.24, 2.45) is 21.4 Å². The molecule has 9 nitrogen and oxygen atoms in total. The number of benzene rings is 3. The van der Waals surface area contributed by atoms with Crippen LogP contribution in [0.1, 0.15) is 53.1 Å². The molecule has 3 aromatic rings. The average Bonchev–Trinajstić information content (AvgIpc) is 3.69. The molecule has 0 bridgehead atoms. The topological polar surface area (TPSA) is 98.0 Å². The zero-order valence-corrected chi connectivity index (χ0v) is 25.1. The van der Waals surface area contributed by atoms with Gasteiger partial charge in [-0.15, -0.1) is 0 Å². The number of allylic oxidation sites excluding steroid dienone is 1. The average molecular weight is 587 g/mol. The van der Waals surface area contributed by atoms with E-state index in [2.05, 4.69) is 71.9 Å². The summed E-state index contributed by atoms with van der Waals surface area (Å²) in [6.45, 7) is 5.84. The smallest absolute Gasteiger partial charge is 0.264 e. The molecule has 1 saturated heterocycles. The molecule has 0 radical (unpaired) electrons. The Kier molecular flexibility index (Phi) is 6.95. The minimum atomic E-state index is -0.971. The molecule has 4 aliphatic rings. The molecule has 3 amide bonds. The van der Waals surface area contributed by atoms with Crippen LogP contribution in [0.2, 0.25) is 0 Å². The van der Waals surface area contributed by atoms with Crippen LogP contribution in [0.3, 0.4) is 0 Å². The fraction of sp³-hybridized carbons (Fsp3) is 0.314. The molecule has 3 aliphatic heterocycles. The number of aryl methyl sites for hydroxylation is 3. The Morgan fingerprint density at radius 2 is 1.48 bits per heavy atom. The van der Waals surface area contributed by atoms with Gasteiger partial charge in [0.1, 0.15) is 6.54 Å². The standard InChI is InChI=1S/C35H34N6O3/c1-21-7-13-24(14-8-21)19-26-5-4-6-28-30(26)37-41(32(28)25-15-9-22(2)10-16-25)29(42)20-39-33-31(36-38-39)34(43)40(35(33)44)27-17-11-23(3)12-18-27/h7-19,28,31-33H,4-6,20H2,1-3H3/b26-19+/t28-,31-,32+,33+/m0/s1. The molecule has 44 heavy (non-hydrogen) atoms. The number of hydrogen-bond donors (Lipinski definition) is 0. The van der Waals surface area contributed by atoms with Crippen LogP contribution in [0, 0.1) is 26.7 Å². The molecule has 1 saturated carbocycles. The number of hydrogen-bond acceptors (Lipinski definition) is 7. The van der Waals surface area contributed by atoms with Crippen LogP contribution in [0.5, 0.6) is 0 Å². The molecule has 0 spiro atoms. The Morgan fingerprint density at radius 1 is 0.841 bits per heavy atom. The van der Waals surface area contributed by atoms with Gasteiger partial charge in [0.05, 0.1) is 17.4 Å². The summed E-state index contributed by atoms with van der Waals surface area (Å²) in [5, 5.41) is 16.2. The van der Waals surface area contributed by atoms with Crippen molar-refractivity contribution < 1.29 is 14.4 Å². The van der Waals surface area contributed by atoms with Gasteiger partial charge in [0.25, 0.3) is 17.7 Å². The van der Waals surface area contributed by atoms with E-state index in [1.165, 1.54) is 10.6 Å². The van der Waals surface area contributed by atoms with E-state index in [-0.39, 0.29) is 24.4 Å². The second kappa shape index (κ2) is 11.0. The summed E-state index contributed by atoms with van der Waals surface area (Å²) >= 11 is 0. The lowest BCUT2D eigenvalue weighted by molar-refractivity contribution is -0.136. The second-order valence-electron chi connectivity index (χ2n) is 12.2. The molecule has 9 heteroatoms. The molecule has 3 aromatic carbocycles. The van der Waals surface area contributed by atoms with Gasteiger partial charge in [0.15, 0.2) is 12.1 Å². The molecular formula is C35H34N6O3. The van der Waals surface area contributed by atoms with Crippen LogP contribution in [0.4, 0.5) is 5.69 Å². The Bertz CT molecular complexity index is 1730. The van der Waals surface area contributed by atoms with Crippen molar-refractivity contribution in [2.75, 3.05) is 11.4 Å². The third kappa shape index (κ3) is 4.82. The van der Waals surface area contributed by atoms with Gasteiger partial charge in [-0.1, -0.05) is 82.6 Å². The summed E-state index contributed by atoms with van der Waals surface area (Å²) in [7, 11) is 0. The number of carbonyl (C=O) groups excluding carboxylic acids is 3. The molecular weight excluding hydrogens is 552 g/mol. The highest BCUT2D eigenvalue weighted by molar-refractivity contribution is 6.25. The van der Waals surface area contributed by atoms with Gasteiger partial charge in [-0.2, -0.15) is 10.2 Å². The molecule has 3 heterocycles. The van der Waals surface area contributed by atoms with E-state index in [0.29, 0.717) is 5.69 Å². The Balaban J connectivity index is 1.18. The maximum atomic E-state index is 14.1. The molecule has 0 aromatic heterocycles. The SMILES string of the molecule is Cc1ccc(/C=C2\CCC[C@H]3C2=NN(C(=O)CN2N=N[C@@H]4C(=O)N(c5ccc(C)cc5)C(=O)[C@@H]42)[C@@H]3c2ccc(C)cc2)cc1. The van der Waals surface area contributed by atoms with Crippen LogP contribution in [-0.2, 0) is 14.4 Å². The van der Waals surface area contributed by atoms with E-state index >= 15 is 0 Å². The summed E-state index contributed by atoms with van der Waals surface area (Å²) < 4.78 is 0. The largest absolute Gasteiger partial charge is 0.271 e. The van der Waals surface area contributed by atoms with Crippen molar-refractivity contribution in [3.63, 3.8) is 0 Å². The van der Waals surface area contributed by atoms with Crippen LogP contribution in [0.15, 0.2) is 93.8 Å². The third-order valence-electron chi connectivity index (χ3n) is 9.04. The summed E-state index contributed by atoms with van der Waals surface area (Å²) in [5.74, 6) is -1.10. The number of amides is 3. The highest BCUT2D eigenvalue weighted by Crippen LogP contribution is 2.45. The fourth-order valence-corrected chi connectivity index (χ4v) is 6.68. The highest BCUT2D eigenvalue weighted by atomic mass is 16.2. The van der Waals surface area contributed by atoms with E-state index in [1.807, 2.05) is 26.0 Å². The Labute approximate surface area is 256 Å². The van der Waals surface area contributed by atoms with Crippen LogP contribution < -0.4 is 4.90 Å². The zero-order chi connectivity index (χ0) is 30.5. The zero-order valence-electron chi connectivity index (χ0n) is 25.1. The van der Waals surface area contributed by atoms with E-state index in [9.17, 15) is 14.4 Å². The monoisotopic (exact) mass is 586 g/mol. The number of imide groups is 1. The molecule has 7 rings (SSSR count). The van der Waals surface area contributed by atoms with E-state index < -0.39 is 23.9 Å². The van der Waals surface area contributed by atoms with Gasteiger partial charge in [0, 0.05) is 5.92 Å². The number of anilines is 1. The van der Waals surface area contributed by atoms with Crippen LogP contribution in [0.25, 0.3) is 6.08 Å². The first-order chi connectivity index (χ1) is 21.3. The van der Waals surface area contributed by atoms with Gasteiger partial charge in [-0.05, 0) is 74.9 Å². The van der Waals surface area contributed by atoms with Crippen molar-refractivity contribution in [1.82, 2.24) is 10.0 Å². The van der Waals surface area contributed by atoms with Crippen LogP contribution in [-0.4, -0.2) is 52.1 Å². The summed E-state index contributed by atoms with van der Waals surface area (Å²) in [6, 6.07) is 21.7. The van der Waals surface area contributed by atoms with Crippen molar-refractivity contribution >= 4 is 35.2 Å². The molecule has 222 valence electrons. The van der Waals surface area contributed by atoms with Crippen molar-refractivity contribution in [1.29, 1.82) is 0 Å². The number of fused-ring (bicyclic) bond motifs is 2. The third-order valence-corrected chi connectivity index (χ3v) is 9.04. The predicted molar refractivity (Wildman–Crippen MR) is 168 cm³/mol. The van der Waals surface area contributed by atoms with Gasteiger partial charge >= 0.3 is 0 Å².